The molecule has 1 rings (SSSR count). The molecule has 0 aromatic carbocycles. The molecule has 1 aromatic rings. The summed E-state index contributed by atoms with van der Waals surface area (Å²) in [5.74, 6) is 0.574. The molecule has 15 heavy (non-hydrogen) atoms. The Bertz CT molecular complexity index is 313. The average molecular weight is 232 g/mol. The van der Waals surface area contributed by atoms with Gasteiger partial charge in [-0.1, -0.05) is 13.8 Å². The van der Waals surface area contributed by atoms with Gasteiger partial charge in [-0.15, -0.1) is 0 Å². The monoisotopic (exact) mass is 231 g/mol. The van der Waals surface area contributed by atoms with Gasteiger partial charge in [-0.05, 0) is 17.5 Å². The average Bonchev–Trinajstić information content (AvgIpc) is 2.12. The van der Waals surface area contributed by atoms with Gasteiger partial charge in [0.05, 0.1) is 12.6 Å². The normalized spacial score (nSPS) is 12.9. The Hall–Kier alpha value is -1.14. The number of hydrogen-bond donors (Lipinski definition) is 3. The van der Waals surface area contributed by atoms with Gasteiger partial charge in [0, 0.05) is 0 Å². The van der Waals surface area contributed by atoms with Crippen molar-refractivity contribution >= 4 is 23.5 Å². The van der Waals surface area contributed by atoms with Crippen LogP contribution in [0.15, 0.2) is 0 Å². The van der Waals surface area contributed by atoms with E-state index in [9.17, 15) is 0 Å². The van der Waals surface area contributed by atoms with E-state index in [1.165, 1.54) is 0 Å². The Balaban J connectivity index is 2.79. The van der Waals surface area contributed by atoms with Crippen molar-refractivity contribution in [3.8, 4) is 0 Å². The molecule has 0 spiro atoms. The van der Waals surface area contributed by atoms with Crippen LogP contribution in [0.4, 0.5) is 11.9 Å². The molecule has 0 radical (unpaired) electrons. The molecule has 0 aliphatic rings. The molecule has 84 valence electrons. The largest absolute Gasteiger partial charge is 0.394 e. The van der Waals surface area contributed by atoms with Gasteiger partial charge in [-0.2, -0.15) is 15.0 Å². The zero-order valence-corrected chi connectivity index (χ0v) is 9.36. The summed E-state index contributed by atoms with van der Waals surface area (Å²) in [4.78, 5) is 11.3. The van der Waals surface area contributed by atoms with Gasteiger partial charge in [0.1, 0.15) is 0 Å². The lowest BCUT2D eigenvalue weighted by Gasteiger charge is -2.19. The highest BCUT2D eigenvalue weighted by Crippen LogP contribution is 2.11. The molecule has 1 heterocycles. The van der Waals surface area contributed by atoms with E-state index in [4.69, 9.17) is 22.4 Å². The van der Waals surface area contributed by atoms with Crippen molar-refractivity contribution in [1.82, 2.24) is 15.0 Å². The minimum atomic E-state index is -0.136. The van der Waals surface area contributed by atoms with E-state index < -0.39 is 0 Å². The van der Waals surface area contributed by atoms with Gasteiger partial charge in [0.15, 0.2) is 0 Å². The molecule has 0 unspecified atom stereocenters. The molecular formula is C8H14ClN5O. The van der Waals surface area contributed by atoms with Crippen LogP contribution in [-0.2, 0) is 0 Å². The Morgan fingerprint density at radius 3 is 2.53 bits per heavy atom. The molecule has 4 N–H and O–H groups in total. The Labute approximate surface area is 92.9 Å². The maximum atomic E-state index is 9.10. The highest BCUT2D eigenvalue weighted by molar-refractivity contribution is 6.28. The summed E-state index contributed by atoms with van der Waals surface area (Å²) in [5, 5.41) is 12.1. The van der Waals surface area contributed by atoms with Crippen molar-refractivity contribution in [3.63, 3.8) is 0 Å². The van der Waals surface area contributed by atoms with Crippen LogP contribution in [0.1, 0.15) is 13.8 Å². The van der Waals surface area contributed by atoms with Crippen molar-refractivity contribution in [1.29, 1.82) is 0 Å². The molecule has 0 saturated heterocycles. The summed E-state index contributed by atoms with van der Waals surface area (Å²) in [6.45, 7) is 3.93. The molecule has 1 aromatic heterocycles. The molecular weight excluding hydrogens is 218 g/mol. The van der Waals surface area contributed by atoms with Crippen LogP contribution < -0.4 is 11.1 Å². The summed E-state index contributed by atoms with van der Waals surface area (Å²) < 4.78 is 0. The second-order valence-electron chi connectivity index (χ2n) is 3.46. The first-order valence-corrected chi connectivity index (χ1v) is 4.95. The van der Waals surface area contributed by atoms with E-state index in [2.05, 4.69) is 20.3 Å². The Kier molecular flexibility index (Phi) is 4.05. The summed E-state index contributed by atoms with van der Waals surface area (Å²) in [6.07, 6.45) is 0. The molecule has 0 fully saturated rings. The van der Waals surface area contributed by atoms with Crippen LogP contribution in [0.2, 0.25) is 5.28 Å². The number of nitrogen functional groups attached to an aromatic ring is 1. The van der Waals surface area contributed by atoms with Crippen LogP contribution in [0, 0.1) is 5.92 Å². The minimum Gasteiger partial charge on any atom is -0.394 e. The van der Waals surface area contributed by atoms with E-state index in [0.717, 1.165) is 0 Å². The number of rotatable bonds is 4. The number of halogens is 1. The van der Waals surface area contributed by atoms with E-state index in [1.54, 1.807) is 0 Å². The van der Waals surface area contributed by atoms with Crippen molar-refractivity contribution in [2.45, 2.75) is 19.9 Å². The van der Waals surface area contributed by atoms with Gasteiger partial charge in [0.2, 0.25) is 17.2 Å². The van der Waals surface area contributed by atoms with Gasteiger partial charge in [-0.25, -0.2) is 0 Å². The van der Waals surface area contributed by atoms with Crippen LogP contribution in [0.25, 0.3) is 0 Å². The third-order valence-corrected chi connectivity index (χ3v) is 2.11. The first-order chi connectivity index (χ1) is 7.02. The number of nitrogens with one attached hydrogen (secondary N) is 1. The maximum Gasteiger partial charge on any atom is 0.229 e. The van der Waals surface area contributed by atoms with E-state index in [0.29, 0.717) is 0 Å². The maximum absolute atomic E-state index is 9.10. The van der Waals surface area contributed by atoms with E-state index in [1.807, 2.05) is 13.8 Å². The zero-order chi connectivity index (χ0) is 11.4. The first kappa shape index (κ1) is 11.9. The van der Waals surface area contributed by atoms with Crippen LogP contribution in [0.5, 0.6) is 0 Å². The lowest BCUT2D eigenvalue weighted by atomic mass is 10.1. The van der Waals surface area contributed by atoms with E-state index in [-0.39, 0.29) is 35.7 Å². The minimum absolute atomic E-state index is 0.0130. The second-order valence-corrected chi connectivity index (χ2v) is 3.80. The first-order valence-electron chi connectivity index (χ1n) is 4.57. The molecule has 6 nitrogen and oxygen atoms in total. The lowest BCUT2D eigenvalue weighted by Crippen LogP contribution is -2.30. The fourth-order valence-corrected chi connectivity index (χ4v) is 1.19. The molecule has 0 amide bonds. The Morgan fingerprint density at radius 2 is 2.07 bits per heavy atom. The number of nitrogens with zero attached hydrogens (tertiary/aromatic N) is 3. The summed E-state index contributed by atoms with van der Waals surface area (Å²) in [6, 6.07) is -0.136. The smallest absolute Gasteiger partial charge is 0.229 e. The number of aliphatic hydroxyl groups excluding tert-OH is 1. The standard InChI is InChI=1S/C8H14ClN5O/c1-4(2)5(3-15)11-8-13-6(9)12-7(10)14-8/h4-5,15H,3H2,1-2H3,(H3,10,11,12,13,14)/t5-/m1/s1. The van der Waals surface area contributed by atoms with Gasteiger partial charge >= 0.3 is 0 Å². The molecule has 0 aliphatic heterocycles. The SMILES string of the molecule is CC(C)[C@@H](CO)Nc1nc(N)nc(Cl)n1. The van der Waals surface area contributed by atoms with Crippen molar-refractivity contribution < 1.29 is 5.11 Å². The van der Waals surface area contributed by atoms with Crippen LogP contribution in [-0.4, -0.2) is 32.7 Å². The van der Waals surface area contributed by atoms with Crippen LogP contribution >= 0.6 is 11.6 Å². The molecule has 0 saturated carbocycles. The van der Waals surface area contributed by atoms with Gasteiger partial charge in [0.25, 0.3) is 0 Å². The molecule has 1 atom stereocenters. The Morgan fingerprint density at radius 1 is 1.40 bits per heavy atom. The predicted molar refractivity (Wildman–Crippen MR) is 58.6 cm³/mol. The fraction of sp³-hybridized carbons (Fsp3) is 0.625. The number of hydrogen-bond acceptors (Lipinski definition) is 6. The van der Waals surface area contributed by atoms with Gasteiger partial charge < -0.3 is 16.2 Å². The number of aliphatic hydroxyl groups is 1. The van der Waals surface area contributed by atoms with Gasteiger partial charge in [-0.3, -0.25) is 0 Å². The number of nitrogens with two attached hydrogens (primary N) is 1. The van der Waals surface area contributed by atoms with Crippen LogP contribution in [0.3, 0.4) is 0 Å². The topological polar surface area (TPSA) is 97.0 Å². The van der Waals surface area contributed by atoms with Crippen molar-refractivity contribution in [2.75, 3.05) is 17.7 Å². The number of aromatic nitrogens is 3. The third-order valence-electron chi connectivity index (χ3n) is 1.94. The lowest BCUT2D eigenvalue weighted by molar-refractivity contribution is 0.248. The summed E-state index contributed by atoms with van der Waals surface area (Å²) >= 11 is 5.61. The highest BCUT2D eigenvalue weighted by atomic mass is 35.5. The predicted octanol–water partition coefficient (Wildman–Crippen LogP) is 0.536. The zero-order valence-electron chi connectivity index (χ0n) is 8.61. The summed E-state index contributed by atoms with van der Waals surface area (Å²) in [7, 11) is 0. The molecule has 0 bridgehead atoms. The summed E-state index contributed by atoms with van der Waals surface area (Å²) in [5.41, 5.74) is 5.40. The molecule has 7 heteroatoms. The third kappa shape index (κ3) is 3.49. The van der Waals surface area contributed by atoms with E-state index >= 15 is 0 Å². The molecule has 0 aliphatic carbocycles. The quantitative estimate of drug-likeness (QED) is 0.700. The highest BCUT2D eigenvalue weighted by Gasteiger charge is 2.13. The fourth-order valence-electron chi connectivity index (χ4n) is 1.02. The van der Waals surface area contributed by atoms with Crippen molar-refractivity contribution in [2.24, 2.45) is 5.92 Å². The van der Waals surface area contributed by atoms with Crippen molar-refractivity contribution in [3.05, 3.63) is 5.28 Å². The number of anilines is 2. The second kappa shape index (κ2) is 5.09.